The highest BCUT2D eigenvalue weighted by atomic mass is 32.1. The molecule has 1 unspecified atom stereocenters. The first-order chi connectivity index (χ1) is 7.86. The van der Waals surface area contributed by atoms with Crippen LogP contribution in [0.5, 0.6) is 0 Å². The third-order valence-corrected chi connectivity index (χ3v) is 3.74. The van der Waals surface area contributed by atoms with Crippen molar-refractivity contribution in [1.82, 2.24) is 15.0 Å². The van der Waals surface area contributed by atoms with Crippen LogP contribution in [0.25, 0.3) is 11.0 Å². The maximum Gasteiger partial charge on any atom is 0.113 e. The van der Waals surface area contributed by atoms with Gasteiger partial charge in [0.05, 0.1) is 11.6 Å². The molecule has 0 aliphatic heterocycles. The third-order valence-electron chi connectivity index (χ3n) is 2.70. The highest BCUT2D eigenvalue weighted by molar-refractivity contribution is 7.10. The van der Waals surface area contributed by atoms with E-state index in [1.54, 1.807) is 11.3 Å². The maximum absolute atomic E-state index is 4.22. The van der Waals surface area contributed by atoms with Crippen LogP contribution < -0.4 is 0 Å². The van der Waals surface area contributed by atoms with Gasteiger partial charge in [0.1, 0.15) is 5.52 Å². The van der Waals surface area contributed by atoms with E-state index in [4.69, 9.17) is 0 Å². The molecule has 4 heteroatoms. The van der Waals surface area contributed by atoms with E-state index in [2.05, 4.69) is 40.8 Å². The summed E-state index contributed by atoms with van der Waals surface area (Å²) in [6.45, 7) is 2.15. The fourth-order valence-corrected chi connectivity index (χ4v) is 2.59. The Kier molecular flexibility index (Phi) is 2.22. The quantitative estimate of drug-likeness (QED) is 0.676. The van der Waals surface area contributed by atoms with Crippen LogP contribution >= 0.6 is 11.3 Å². The van der Waals surface area contributed by atoms with Crippen LogP contribution in [0.2, 0.25) is 0 Å². The van der Waals surface area contributed by atoms with Crippen LogP contribution in [0.4, 0.5) is 0 Å². The smallest absolute Gasteiger partial charge is 0.113 e. The van der Waals surface area contributed by atoms with Gasteiger partial charge < -0.3 is 0 Å². The lowest BCUT2D eigenvalue weighted by atomic mass is 10.2. The molecule has 0 fully saturated rings. The lowest BCUT2D eigenvalue weighted by molar-refractivity contribution is 0.568. The van der Waals surface area contributed by atoms with Gasteiger partial charge in [-0.15, -0.1) is 16.4 Å². The van der Waals surface area contributed by atoms with Gasteiger partial charge in [0.25, 0.3) is 0 Å². The number of rotatable bonds is 2. The largest absolute Gasteiger partial charge is 0.237 e. The molecule has 0 saturated heterocycles. The minimum Gasteiger partial charge on any atom is -0.237 e. The van der Waals surface area contributed by atoms with Crippen molar-refractivity contribution in [3.63, 3.8) is 0 Å². The summed E-state index contributed by atoms with van der Waals surface area (Å²) >= 11 is 1.75. The van der Waals surface area contributed by atoms with Crippen molar-refractivity contribution in [2.24, 2.45) is 0 Å². The van der Waals surface area contributed by atoms with Crippen LogP contribution in [-0.4, -0.2) is 15.0 Å². The molecule has 2 aromatic heterocycles. The Morgan fingerprint density at radius 2 is 2.06 bits per heavy atom. The third kappa shape index (κ3) is 1.42. The molecule has 0 N–H and O–H groups in total. The van der Waals surface area contributed by atoms with E-state index >= 15 is 0 Å². The monoisotopic (exact) mass is 229 g/mol. The Bertz CT molecular complexity index is 598. The van der Waals surface area contributed by atoms with Crippen molar-refractivity contribution in [1.29, 1.82) is 0 Å². The number of thiophene rings is 1. The van der Waals surface area contributed by atoms with Crippen molar-refractivity contribution in [3.8, 4) is 0 Å². The van der Waals surface area contributed by atoms with E-state index in [1.165, 1.54) is 4.88 Å². The van der Waals surface area contributed by atoms with Gasteiger partial charge in [-0.2, -0.15) is 0 Å². The Balaban J connectivity index is 2.12. The molecule has 1 aromatic carbocycles. The minimum atomic E-state index is 0.243. The molecule has 0 saturated carbocycles. The standard InChI is InChI=1S/C12H11N3S/c1-9(12-7-4-8-16-12)15-11-6-3-2-5-10(11)13-14-15/h2-9H,1H3. The van der Waals surface area contributed by atoms with Gasteiger partial charge in [0.15, 0.2) is 0 Å². The summed E-state index contributed by atoms with van der Waals surface area (Å²) < 4.78 is 1.97. The molecule has 0 spiro atoms. The topological polar surface area (TPSA) is 30.7 Å². The Hall–Kier alpha value is -1.68. The molecule has 16 heavy (non-hydrogen) atoms. The lowest BCUT2D eigenvalue weighted by Gasteiger charge is -2.09. The molecule has 0 amide bonds. The number of benzene rings is 1. The van der Waals surface area contributed by atoms with Crippen LogP contribution in [0, 0.1) is 0 Å². The normalized spacial score (nSPS) is 13.1. The summed E-state index contributed by atoms with van der Waals surface area (Å²) in [5, 5.41) is 10.5. The number of fused-ring (bicyclic) bond motifs is 1. The summed E-state index contributed by atoms with van der Waals surface area (Å²) in [4.78, 5) is 1.30. The van der Waals surface area contributed by atoms with Gasteiger partial charge >= 0.3 is 0 Å². The first-order valence-corrected chi connectivity index (χ1v) is 6.07. The fourth-order valence-electron chi connectivity index (χ4n) is 1.82. The molecule has 3 aromatic rings. The Morgan fingerprint density at radius 1 is 1.19 bits per heavy atom. The Morgan fingerprint density at radius 3 is 2.88 bits per heavy atom. The number of aromatic nitrogens is 3. The van der Waals surface area contributed by atoms with Crippen molar-refractivity contribution in [2.45, 2.75) is 13.0 Å². The van der Waals surface area contributed by atoms with Crippen LogP contribution in [-0.2, 0) is 0 Å². The zero-order valence-corrected chi connectivity index (χ0v) is 9.69. The molecule has 3 nitrogen and oxygen atoms in total. The Labute approximate surface area is 97.3 Å². The van der Waals surface area contributed by atoms with E-state index in [9.17, 15) is 0 Å². The van der Waals surface area contributed by atoms with Gasteiger partial charge in [-0.05, 0) is 30.5 Å². The molecule has 0 aliphatic rings. The first-order valence-electron chi connectivity index (χ1n) is 5.19. The first kappa shape index (κ1) is 9.54. The van der Waals surface area contributed by atoms with Crippen LogP contribution in [0.1, 0.15) is 17.8 Å². The molecule has 0 bridgehead atoms. The predicted octanol–water partition coefficient (Wildman–Crippen LogP) is 3.10. The van der Waals surface area contributed by atoms with Crippen molar-refractivity contribution >= 4 is 22.4 Å². The second kappa shape index (κ2) is 3.72. The van der Waals surface area contributed by atoms with E-state index in [1.807, 2.05) is 22.9 Å². The van der Waals surface area contributed by atoms with Crippen LogP contribution in [0.15, 0.2) is 41.8 Å². The second-order valence-corrected chi connectivity index (χ2v) is 4.69. The summed E-state index contributed by atoms with van der Waals surface area (Å²) in [7, 11) is 0. The van der Waals surface area contributed by atoms with Crippen molar-refractivity contribution in [3.05, 3.63) is 46.7 Å². The average Bonchev–Trinajstić information content (AvgIpc) is 2.98. The molecule has 80 valence electrons. The van der Waals surface area contributed by atoms with E-state index < -0.39 is 0 Å². The summed E-state index contributed by atoms with van der Waals surface area (Å²) in [5.74, 6) is 0. The van der Waals surface area contributed by atoms with Gasteiger partial charge in [-0.25, -0.2) is 4.68 Å². The molecule has 2 heterocycles. The van der Waals surface area contributed by atoms with E-state index in [0.29, 0.717) is 0 Å². The van der Waals surface area contributed by atoms with Crippen molar-refractivity contribution in [2.75, 3.05) is 0 Å². The van der Waals surface area contributed by atoms with Gasteiger partial charge in [0, 0.05) is 4.88 Å². The van der Waals surface area contributed by atoms with Gasteiger partial charge in [-0.3, -0.25) is 0 Å². The average molecular weight is 229 g/mol. The van der Waals surface area contributed by atoms with Gasteiger partial charge in [-0.1, -0.05) is 23.4 Å². The molecule has 1 atom stereocenters. The number of nitrogens with zero attached hydrogens (tertiary/aromatic N) is 3. The summed E-state index contributed by atoms with van der Waals surface area (Å²) in [6, 6.07) is 12.5. The molecule has 0 radical (unpaired) electrons. The molecular formula is C12H11N3S. The number of para-hydroxylation sites is 1. The highest BCUT2D eigenvalue weighted by Crippen LogP contribution is 2.24. The summed E-state index contributed by atoms with van der Waals surface area (Å²) in [6.07, 6.45) is 0. The maximum atomic E-state index is 4.22. The zero-order valence-electron chi connectivity index (χ0n) is 8.87. The van der Waals surface area contributed by atoms with Crippen molar-refractivity contribution < 1.29 is 0 Å². The number of hydrogen-bond donors (Lipinski definition) is 0. The summed E-state index contributed by atoms with van der Waals surface area (Å²) in [5.41, 5.74) is 2.04. The predicted molar refractivity (Wildman–Crippen MR) is 65.7 cm³/mol. The molecular weight excluding hydrogens is 218 g/mol. The van der Waals surface area contributed by atoms with E-state index in [-0.39, 0.29) is 6.04 Å². The minimum absolute atomic E-state index is 0.243. The zero-order chi connectivity index (χ0) is 11.0. The lowest BCUT2D eigenvalue weighted by Crippen LogP contribution is -2.06. The fraction of sp³-hybridized carbons (Fsp3) is 0.167. The molecule has 3 rings (SSSR count). The van der Waals surface area contributed by atoms with Gasteiger partial charge in [0.2, 0.25) is 0 Å². The van der Waals surface area contributed by atoms with E-state index in [0.717, 1.165) is 11.0 Å². The second-order valence-electron chi connectivity index (χ2n) is 3.71. The SMILES string of the molecule is CC(c1cccs1)n1nnc2ccccc21. The molecule has 0 aliphatic carbocycles. The highest BCUT2D eigenvalue weighted by Gasteiger charge is 2.13. The number of hydrogen-bond acceptors (Lipinski definition) is 3. The van der Waals surface area contributed by atoms with Crippen LogP contribution in [0.3, 0.4) is 0 Å².